The van der Waals surface area contributed by atoms with Crippen LogP contribution in [-0.2, 0) is 32.7 Å². The molecule has 0 rings (SSSR count). The molecule has 0 radical (unpaired) electrons. The summed E-state index contributed by atoms with van der Waals surface area (Å²) in [6.07, 6.45) is 79.5. The van der Waals surface area contributed by atoms with Crippen LogP contribution in [0.2, 0.25) is 0 Å². The van der Waals surface area contributed by atoms with Crippen LogP contribution in [0.5, 0.6) is 0 Å². The van der Waals surface area contributed by atoms with Crippen LogP contribution in [0, 0.1) is 0 Å². The van der Waals surface area contributed by atoms with Gasteiger partial charge in [-0.3, -0.25) is 14.2 Å². The standard InChI is InChI=1S/C66H112NO8P/c1-6-8-10-12-14-16-18-20-22-24-26-28-30-32-33-35-37-39-41-43-45-47-49-51-53-55-57-59-66(69)75-64(63-74-76(70,71)73-61-60-67(3,4)5)62-72-65(68)58-56-54-52-50-48-46-44-42-40-38-36-34-31-29-27-25-23-21-19-17-15-13-11-9-7-2/h8-11,14-17,20-23,26-29,32-33,37,39,64H,6-7,12-13,18-19,24-25,30-31,34-36,38,40-63H2,1-5H3/b10-8-,11-9-,16-14-,17-15-,22-20-,23-21-,28-26-,29-27-,33-32-,39-37-. The first-order valence-electron chi connectivity index (χ1n) is 30.2. The molecule has 0 spiro atoms. The predicted octanol–water partition coefficient (Wildman–Crippen LogP) is 18.5. The molecule has 0 heterocycles. The number of likely N-dealkylation sites (N-methyl/N-ethyl adjacent to an activating group) is 1. The van der Waals surface area contributed by atoms with Crippen molar-refractivity contribution in [1.29, 1.82) is 0 Å². The number of carbonyl (C=O) groups is 2. The molecule has 434 valence electrons. The minimum atomic E-state index is -4.65. The van der Waals surface area contributed by atoms with Crippen LogP contribution in [0.3, 0.4) is 0 Å². The van der Waals surface area contributed by atoms with Gasteiger partial charge in [-0.05, 0) is 103 Å². The first-order chi connectivity index (χ1) is 37.0. The number of unbranched alkanes of at least 4 members (excludes halogenated alkanes) is 20. The third-order valence-electron chi connectivity index (χ3n) is 12.5. The number of esters is 2. The van der Waals surface area contributed by atoms with Crippen molar-refractivity contribution in [1.82, 2.24) is 0 Å². The van der Waals surface area contributed by atoms with Crippen LogP contribution in [0.15, 0.2) is 122 Å². The Kier molecular flexibility index (Phi) is 53.5. The maximum absolute atomic E-state index is 12.8. The normalized spacial score (nSPS) is 14.1. The summed E-state index contributed by atoms with van der Waals surface area (Å²) in [5.74, 6) is -0.850. The van der Waals surface area contributed by atoms with Gasteiger partial charge in [0.15, 0.2) is 6.10 Å². The lowest BCUT2D eigenvalue weighted by Crippen LogP contribution is -2.37. The second-order valence-electron chi connectivity index (χ2n) is 20.9. The number of hydrogen-bond donors (Lipinski definition) is 0. The van der Waals surface area contributed by atoms with Gasteiger partial charge in [0.1, 0.15) is 19.8 Å². The fourth-order valence-electron chi connectivity index (χ4n) is 7.89. The minimum Gasteiger partial charge on any atom is -0.756 e. The molecule has 0 aliphatic carbocycles. The van der Waals surface area contributed by atoms with E-state index in [-0.39, 0.29) is 26.1 Å². The highest BCUT2D eigenvalue weighted by molar-refractivity contribution is 7.45. The number of rotatable bonds is 54. The molecule has 76 heavy (non-hydrogen) atoms. The Labute approximate surface area is 467 Å². The summed E-state index contributed by atoms with van der Waals surface area (Å²) in [5.41, 5.74) is 0. The van der Waals surface area contributed by atoms with Crippen LogP contribution in [0.4, 0.5) is 0 Å². The summed E-state index contributed by atoms with van der Waals surface area (Å²) in [7, 11) is 1.14. The molecule has 2 atom stereocenters. The molecule has 0 saturated heterocycles. The molecule has 10 heteroatoms. The van der Waals surface area contributed by atoms with Gasteiger partial charge in [-0.15, -0.1) is 0 Å². The Balaban J connectivity index is 4.20. The van der Waals surface area contributed by atoms with E-state index in [1.54, 1.807) is 0 Å². The number of phosphoric ester groups is 1. The van der Waals surface area contributed by atoms with Crippen molar-refractivity contribution in [2.75, 3.05) is 47.5 Å². The van der Waals surface area contributed by atoms with Crippen molar-refractivity contribution < 1.29 is 42.1 Å². The lowest BCUT2D eigenvalue weighted by molar-refractivity contribution is -0.870. The van der Waals surface area contributed by atoms with Crippen LogP contribution in [0.25, 0.3) is 0 Å². The average Bonchev–Trinajstić information content (AvgIpc) is 3.38. The van der Waals surface area contributed by atoms with E-state index in [1.165, 1.54) is 83.5 Å². The highest BCUT2D eigenvalue weighted by atomic mass is 31.2. The third kappa shape index (κ3) is 59.7. The number of allylic oxidation sites excluding steroid dienone is 20. The molecule has 0 fully saturated rings. The molecule has 0 aromatic heterocycles. The summed E-state index contributed by atoms with van der Waals surface area (Å²) < 4.78 is 34.2. The zero-order valence-electron chi connectivity index (χ0n) is 49.2. The number of quaternary nitrogens is 1. The van der Waals surface area contributed by atoms with Crippen molar-refractivity contribution in [3.8, 4) is 0 Å². The summed E-state index contributed by atoms with van der Waals surface area (Å²) in [6, 6.07) is 0. The lowest BCUT2D eigenvalue weighted by atomic mass is 10.0. The molecule has 0 bridgehead atoms. The van der Waals surface area contributed by atoms with Gasteiger partial charge in [0, 0.05) is 12.8 Å². The van der Waals surface area contributed by atoms with Gasteiger partial charge in [-0.1, -0.05) is 238 Å². The monoisotopic (exact) mass is 1080 g/mol. The third-order valence-corrected chi connectivity index (χ3v) is 13.4. The zero-order valence-corrected chi connectivity index (χ0v) is 50.0. The number of carbonyl (C=O) groups excluding carboxylic acids is 2. The molecule has 9 nitrogen and oxygen atoms in total. The van der Waals surface area contributed by atoms with Crippen molar-refractivity contribution in [3.63, 3.8) is 0 Å². The smallest absolute Gasteiger partial charge is 0.306 e. The van der Waals surface area contributed by atoms with E-state index >= 15 is 0 Å². The molecule has 0 amide bonds. The molecule has 0 aromatic rings. The van der Waals surface area contributed by atoms with Crippen LogP contribution in [0.1, 0.15) is 232 Å². The van der Waals surface area contributed by atoms with Crippen LogP contribution < -0.4 is 4.89 Å². The molecule has 0 aromatic carbocycles. The second-order valence-corrected chi connectivity index (χ2v) is 22.4. The highest BCUT2D eigenvalue weighted by Gasteiger charge is 2.22. The first-order valence-corrected chi connectivity index (χ1v) is 31.7. The molecule has 0 N–H and O–H groups in total. The summed E-state index contributed by atoms with van der Waals surface area (Å²) in [6.45, 7) is 4.00. The quantitative estimate of drug-likeness (QED) is 0.0195. The van der Waals surface area contributed by atoms with Gasteiger partial charge in [-0.2, -0.15) is 0 Å². The van der Waals surface area contributed by atoms with Crippen molar-refractivity contribution in [3.05, 3.63) is 122 Å². The fraction of sp³-hybridized carbons (Fsp3) is 0.667. The molecule has 0 saturated carbocycles. The van der Waals surface area contributed by atoms with Gasteiger partial charge in [0.2, 0.25) is 0 Å². The van der Waals surface area contributed by atoms with E-state index in [2.05, 4.69) is 135 Å². The average molecular weight is 1080 g/mol. The predicted molar refractivity (Wildman–Crippen MR) is 323 cm³/mol. The molecule has 2 unspecified atom stereocenters. The van der Waals surface area contributed by atoms with Gasteiger partial charge in [0.25, 0.3) is 7.82 Å². The van der Waals surface area contributed by atoms with Gasteiger partial charge < -0.3 is 27.9 Å². The van der Waals surface area contributed by atoms with Gasteiger partial charge in [0.05, 0.1) is 27.7 Å². The van der Waals surface area contributed by atoms with E-state index in [4.69, 9.17) is 18.5 Å². The zero-order chi connectivity index (χ0) is 55.6. The van der Waals surface area contributed by atoms with Gasteiger partial charge >= 0.3 is 11.9 Å². The topological polar surface area (TPSA) is 111 Å². The minimum absolute atomic E-state index is 0.0390. The Morgan fingerprint density at radius 1 is 0.408 bits per heavy atom. The SMILES string of the molecule is CC/C=C\C/C=C\C/C=C\C/C=C\C/C=C\C/C=C\CCCCCCCCCCC(=O)OC(COC(=O)CCCCCCCCCCCCCC/C=C\C/C=C\C/C=C\C/C=C\CC)COP(=O)([O-])OCC[N+](C)(C)C. The Bertz CT molecular complexity index is 1700. The number of nitrogens with zero attached hydrogens (tertiary/aromatic N) is 1. The number of phosphoric acid groups is 1. The van der Waals surface area contributed by atoms with E-state index in [1.807, 2.05) is 21.1 Å². The first kappa shape index (κ1) is 72.4. The molecule has 0 aliphatic heterocycles. The van der Waals surface area contributed by atoms with Crippen molar-refractivity contribution in [2.24, 2.45) is 0 Å². The largest absolute Gasteiger partial charge is 0.756 e. The summed E-state index contributed by atoms with van der Waals surface area (Å²) in [5, 5.41) is 0. The van der Waals surface area contributed by atoms with E-state index in [0.29, 0.717) is 17.4 Å². The number of ether oxygens (including phenoxy) is 2. The van der Waals surface area contributed by atoms with E-state index in [9.17, 15) is 19.0 Å². The fourth-order valence-corrected chi connectivity index (χ4v) is 8.61. The Hall–Kier alpha value is -3.59. The van der Waals surface area contributed by atoms with Crippen molar-refractivity contribution in [2.45, 2.75) is 238 Å². The summed E-state index contributed by atoms with van der Waals surface area (Å²) >= 11 is 0. The molecule has 0 aliphatic rings. The highest BCUT2D eigenvalue weighted by Crippen LogP contribution is 2.38. The van der Waals surface area contributed by atoms with E-state index < -0.39 is 32.5 Å². The van der Waals surface area contributed by atoms with E-state index in [0.717, 1.165) is 116 Å². The summed E-state index contributed by atoms with van der Waals surface area (Å²) in [4.78, 5) is 37.9. The van der Waals surface area contributed by atoms with Crippen LogP contribution in [-0.4, -0.2) is 70.0 Å². The maximum Gasteiger partial charge on any atom is 0.306 e. The Morgan fingerprint density at radius 3 is 1.05 bits per heavy atom. The maximum atomic E-state index is 12.8. The molecular weight excluding hydrogens is 966 g/mol. The molecular formula is C66H112NO8P. The van der Waals surface area contributed by atoms with Crippen molar-refractivity contribution >= 4 is 19.8 Å². The lowest BCUT2D eigenvalue weighted by Gasteiger charge is -2.28. The van der Waals surface area contributed by atoms with Crippen LogP contribution >= 0.6 is 7.82 Å². The number of hydrogen-bond acceptors (Lipinski definition) is 8. The Morgan fingerprint density at radius 2 is 0.711 bits per heavy atom. The van der Waals surface area contributed by atoms with Gasteiger partial charge in [-0.25, -0.2) is 0 Å². The second kappa shape index (κ2) is 56.1.